The molecule has 6 heteroatoms. The van der Waals surface area contributed by atoms with Gasteiger partial charge in [0.25, 0.3) is 0 Å². The number of carbonyl (C=O) groups is 1. The lowest BCUT2D eigenvalue weighted by Crippen LogP contribution is -2.36. The predicted octanol–water partition coefficient (Wildman–Crippen LogP) is -1.34. The lowest BCUT2D eigenvalue weighted by Gasteiger charge is -2.11. The van der Waals surface area contributed by atoms with Gasteiger partial charge in [-0.25, -0.2) is 0 Å². The summed E-state index contributed by atoms with van der Waals surface area (Å²) in [6, 6.07) is -0.686. The first-order chi connectivity index (χ1) is 7.11. The van der Waals surface area contributed by atoms with E-state index in [1.165, 1.54) is 6.08 Å². The minimum atomic E-state index is -0.892. The fourth-order valence-electron chi connectivity index (χ4n) is 0.821. The zero-order valence-corrected chi connectivity index (χ0v) is 9.36. The highest BCUT2D eigenvalue weighted by molar-refractivity contribution is 7.80. The molecule has 0 bridgehead atoms. The van der Waals surface area contributed by atoms with Crippen molar-refractivity contribution >= 4 is 18.5 Å². The van der Waals surface area contributed by atoms with E-state index in [2.05, 4.69) is 17.9 Å². The van der Waals surface area contributed by atoms with Crippen LogP contribution >= 0.6 is 12.6 Å². The highest BCUT2D eigenvalue weighted by atomic mass is 32.1. The lowest BCUT2D eigenvalue weighted by atomic mass is 10.2. The Hall–Kier alpha value is -0.560. The summed E-state index contributed by atoms with van der Waals surface area (Å²) in [6.45, 7) is 0.0549. The molecule has 0 saturated heterocycles. The number of nitrogens with one attached hydrogen (secondary N) is 1. The average molecular weight is 234 g/mol. The molecule has 0 unspecified atom stereocenters. The van der Waals surface area contributed by atoms with E-state index in [-0.39, 0.29) is 12.5 Å². The largest absolute Gasteiger partial charge is 0.395 e. The van der Waals surface area contributed by atoms with E-state index >= 15 is 0 Å². The summed E-state index contributed by atoms with van der Waals surface area (Å²) >= 11 is 3.91. The Bertz CT molecular complexity index is 212. The summed E-state index contributed by atoms with van der Waals surface area (Å²) in [5, 5.41) is 20.5. The second-order valence-electron chi connectivity index (χ2n) is 3.04. The fraction of sp³-hybridized carbons (Fsp3) is 0.667. The van der Waals surface area contributed by atoms with Gasteiger partial charge >= 0.3 is 0 Å². The van der Waals surface area contributed by atoms with E-state index in [9.17, 15) is 9.90 Å². The summed E-state index contributed by atoms with van der Waals surface area (Å²) in [5.74, 6) is 0.420. The van der Waals surface area contributed by atoms with E-state index in [1.807, 2.05) is 0 Å². The van der Waals surface area contributed by atoms with Crippen LogP contribution in [-0.4, -0.2) is 47.2 Å². The Kier molecular flexibility index (Phi) is 8.40. The number of amides is 1. The second-order valence-corrected chi connectivity index (χ2v) is 3.49. The van der Waals surface area contributed by atoms with Gasteiger partial charge in [0.15, 0.2) is 0 Å². The maximum Gasteiger partial charge on any atom is 0.221 e. The van der Waals surface area contributed by atoms with Crippen LogP contribution in [0.15, 0.2) is 12.2 Å². The van der Waals surface area contributed by atoms with Crippen LogP contribution in [0, 0.1) is 0 Å². The lowest BCUT2D eigenvalue weighted by molar-refractivity contribution is -0.120. The normalized spacial score (nSPS) is 15.2. The van der Waals surface area contributed by atoms with Crippen LogP contribution in [0.3, 0.4) is 0 Å². The minimum absolute atomic E-state index is 0.0874. The van der Waals surface area contributed by atoms with Gasteiger partial charge in [-0.05, 0) is 5.75 Å². The summed E-state index contributed by atoms with van der Waals surface area (Å²) < 4.78 is 0. The predicted molar refractivity (Wildman–Crippen MR) is 61.7 cm³/mol. The van der Waals surface area contributed by atoms with E-state index in [1.54, 1.807) is 6.08 Å². The molecule has 0 aromatic carbocycles. The molecule has 0 aliphatic heterocycles. The quantitative estimate of drug-likeness (QED) is 0.278. The van der Waals surface area contributed by atoms with E-state index in [4.69, 9.17) is 10.8 Å². The van der Waals surface area contributed by atoms with Crippen LogP contribution < -0.4 is 11.1 Å². The van der Waals surface area contributed by atoms with Crippen molar-refractivity contribution in [2.75, 3.05) is 18.9 Å². The minimum Gasteiger partial charge on any atom is -0.395 e. The molecule has 0 aromatic rings. The fourth-order valence-corrected chi connectivity index (χ4v) is 1.02. The maximum atomic E-state index is 11.0. The first kappa shape index (κ1) is 14.4. The number of hydrogen-bond donors (Lipinski definition) is 5. The van der Waals surface area contributed by atoms with Crippen LogP contribution in [0.25, 0.3) is 0 Å². The number of aliphatic hydroxyl groups is 2. The number of carbonyl (C=O) groups excluding carboxylic acids is 1. The van der Waals surface area contributed by atoms with Gasteiger partial charge in [0, 0.05) is 13.0 Å². The molecule has 0 spiro atoms. The van der Waals surface area contributed by atoms with Gasteiger partial charge in [-0.1, -0.05) is 12.2 Å². The van der Waals surface area contributed by atoms with Crippen LogP contribution in [0.2, 0.25) is 0 Å². The van der Waals surface area contributed by atoms with Crippen LogP contribution in [0.5, 0.6) is 0 Å². The first-order valence-electron chi connectivity index (χ1n) is 4.70. The first-order valence-corrected chi connectivity index (χ1v) is 5.33. The number of aliphatic hydroxyl groups excluding tert-OH is 2. The smallest absolute Gasteiger partial charge is 0.221 e. The van der Waals surface area contributed by atoms with Crippen molar-refractivity contribution in [3.8, 4) is 0 Å². The van der Waals surface area contributed by atoms with E-state index in [0.29, 0.717) is 18.7 Å². The number of rotatable bonds is 7. The van der Waals surface area contributed by atoms with Gasteiger partial charge in [-0.15, -0.1) is 0 Å². The molecular weight excluding hydrogens is 216 g/mol. The number of nitrogens with two attached hydrogens (primary N) is 1. The van der Waals surface area contributed by atoms with Gasteiger partial charge in [-0.3, -0.25) is 4.79 Å². The van der Waals surface area contributed by atoms with Crippen molar-refractivity contribution in [3.05, 3.63) is 12.2 Å². The Morgan fingerprint density at radius 2 is 2.27 bits per heavy atom. The second kappa shape index (κ2) is 8.72. The Morgan fingerprint density at radius 3 is 2.80 bits per heavy atom. The van der Waals surface area contributed by atoms with Crippen molar-refractivity contribution < 1.29 is 15.0 Å². The molecule has 0 aromatic heterocycles. The third kappa shape index (κ3) is 7.38. The number of thiol groups is 1. The zero-order valence-electron chi connectivity index (χ0n) is 8.47. The molecule has 0 saturated carbocycles. The van der Waals surface area contributed by atoms with Crippen molar-refractivity contribution in [3.63, 3.8) is 0 Å². The Morgan fingerprint density at radius 1 is 1.60 bits per heavy atom. The van der Waals surface area contributed by atoms with Gasteiger partial charge < -0.3 is 21.3 Å². The third-order valence-electron chi connectivity index (χ3n) is 1.74. The monoisotopic (exact) mass is 234 g/mol. The summed E-state index contributed by atoms with van der Waals surface area (Å²) in [5.41, 5.74) is 5.36. The molecule has 88 valence electrons. The summed E-state index contributed by atoms with van der Waals surface area (Å²) in [6.07, 6.45) is 2.52. The Labute approximate surface area is 94.8 Å². The Balaban J connectivity index is 3.66. The van der Waals surface area contributed by atoms with Crippen molar-refractivity contribution in [1.29, 1.82) is 0 Å². The molecule has 2 atom stereocenters. The van der Waals surface area contributed by atoms with Gasteiger partial charge in [0.05, 0.1) is 18.8 Å². The molecular formula is C9H18N2O3S. The van der Waals surface area contributed by atoms with Gasteiger partial charge in [0.1, 0.15) is 0 Å². The zero-order chi connectivity index (χ0) is 11.7. The van der Waals surface area contributed by atoms with Crippen LogP contribution in [-0.2, 0) is 4.79 Å². The molecule has 0 heterocycles. The van der Waals surface area contributed by atoms with Crippen molar-refractivity contribution in [2.24, 2.45) is 5.73 Å². The highest BCUT2D eigenvalue weighted by Gasteiger charge is 2.08. The molecule has 0 aliphatic carbocycles. The summed E-state index contributed by atoms with van der Waals surface area (Å²) in [7, 11) is 0. The molecule has 0 fully saturated rings. The summed E-state index contributed by atoms with van der Waals surface area (Å²) in [4.78, 5) is 11.0. The van der Waals surface area contributed by atoms with Crippen LogP contribution in [0.1, 0.15) is 6.42 Å². The molecule has 5 N–H and O–H groups in total. The van der Waals surface area contributed by atoms with Gasteiger partial charge in [0.2, 0.25) is 5.91 Å². The number of hydrogen-bond acceptors (Lipinski definition) is 5. The van der Waals surface area contributed by atoms with Gasteiger partial charge in [-0.2, -0.15) is 12.6 Å². The van der Waals surface area contributed by atoms with Crippen molar-refractivity contribution in [2.45, 2.75) is 18.6 Å². The van der Waals surface area contributed by atoms with E-state index in [0.717, 1.165) is 0 Å². The molecule has 0 radical (unpaired) electrons. The van der Waals surface area contributed by atoms with Crippen molar-refractivity contribution in [1.82, 2.24) is 5.32 Å². The SMILES string of the molecule is N[C@@H](CO)[C@H](O)/C=C/CNC(=O)CCS. The highest BCUT2D eigenvalue weighted by Crippen LogP contribution is 1.91. The topological polar surface area (TPSA) is 95.6 Å². The molecule has 5 nitrogen and oxygen atoms in total. The molecule has 0 rings (SSSR count). The molecule has 1 amide bonds. The van der Waals surface area contributed by atoms with Crippen LogP contribution in [0.4, 0.5) is 0 Å². The van der Waals surface area contributed by atoms with E-state index < -0.39 is 12.1 Å². The maximum absolute atomic E-state index is 11.0. The standard InChI is InChI=1S/C9H18N2O3S/c10-7(6-12)8(13)2-1-4-11-9(14)3-5-15/h1-2,7-8,12-13,15H,3-6,10H2,(H,11,14)/b2-1+/t7-,8+/m0/s1. The third-order valence-corrected chi connectivity index (χ3v) is 1.96. The molecule has 0 aliphatic rings. The molecule has 15 heavy (non-hydrogen) atoms. The average Bonchev–Trinajstić information content (AvgIpc) is 2.23.